The summed E-state index contributed by atoms with van der Waals surface area (Å²) < 4.78 is 7.95. The van der Waals surface area contributed by atoms with Gasteiger partial charge in [-0.3, -0.25) is 0 Å². The first-order valence-electron chi connectivity index (χ1n) is 8.26. The van der Waals surface area contributed by atoms with E-state index in [1.807, 2.05) is 24.8 Å². The average Bonchev–Trinajstić information content (AvgIpc) is 2.97. The molecule has 1 aliphatic rings. The summed E-state index contributed by atoms with van der Waals surface area (Å²) in [6.45, 7) is 6.84. The number of hydrogen-bond donors (Lipinski definition) is 0. The standard InChI is InChI=1S/C17H21N3O3S2/c1-4-5-11-18-13(17(2,3)25-16(18)24)20-14(21)19(15(22)23-20)12-9-7-6-8-10-12/h6-10,13H,4-5,11H2,1-3H3. The highest BCUT2D eigenvalue weighted by Crippen LogP contribution is 2.46. The number of thiocarbonyl (C=S) groups is 1. The van der Waals surface area contributed by atoms with Crippen LogP contribution in [0.4, 0.5) is 0 Å². The van der Waals surface area contributed by atoms with E-state index in [2.05, 4.69) is 6.92 Å². The van der Waals surface area contributed by atoms with Gasteiger partial charge in [-0.1, -0.05) is 55.5 Å². The Morgan fingerprint density at radius 3 is 2.56 bits per heavy atom. The molecule has 1 aliphatic heterocycles. The molecule has 3 rings (SSSR count). The number of rotatable bonds is 5. The summed E-state index contributed by atoms with van der Waals surface area (Å²) in [6, 6.07) is 8.79. The molecule has 134 valence electrons. The topological polar surface area (TPSA) is 60.4 Å². The maximum Gasteiger partial charge on any atom is 0.447 e. The Labute approximate surface area is 155 Å². The van der Waals surface area contributed by atoms with Gasteiger partial charge >= 0.3 is 11.4 Å². The molecule has 6 nitrogen and oxygen atoms in total. The number of thioether (sulfide) groups is 1. The third kappa shape index (κ3) is 3.20. The van der Waals surface area contributed by atoms with Crippen LogP contribution < -0.4 is 11.4 Å². The molecule has 0 amide bonds. The second kappa shape index (κ2) is 6.84. The maximum atomic E-state index is 12.9. The Morgan fingerprint density at radius 1 is 1.24 bits per heavy atom. The van der Waals surface area contributed by atoms with Crippen molar-refractivity contribution >= 4 is 28.3 Å². The normalized spacial score (nSPS) is 19.6. The zero-order chi connectivity index (χ0) is 18.2. The fourth-order valence-corrected chi connectivity index (χ4v) is 4.97. The molecule has 0 bridgehead atoms. The minimum atomic E-state index is -0.690. The van der Waals surface area contributed by atoms with Gasteiger partial charge in [0.25, 0.3) is 0 Å². The van der Waals surface area contributed by atoms with Gasteiger partial charge in [-0.15, -0.1) is 4.74 Å². The molecule has 1 saturated heterocycles. The molecule has 1 aromatic carbocycles. The van der Waals surface area contributed by atoms with E-state index in [9.17, 15) is 9.59 Å². The van der Waals surface area contributed by atoms with Crippen LogP contribution in [0, 0.1) is 0 Å². The third-order valence-electron chi connectivity index (χ3n) is 4.23. The van der Waals surface area contributed by atoms with Crippen molar-refractivity contribution in [2.45, 2.75) is 44.5 Å². The molecule has 0 spiro atoms. The number of aromatic nitrogens is 2. The molecular formula is C17H21N3O3S2. The largest absolute Gasteiger partial charge is 0.447 e. The Hall–Kier alpha value is -1.80. The monoisotopic (exact) mass is 379 g/mol. The fraction of sp³-hybridized carbons (Fsp3) is 0.471. The van der Waals surface area contributed by atoms with Crippen LogP contribution >= 0.6 is 24.0 Å². The van der Waals surface area contributed by atoms with E-state index in [1.54, 1.807) is 24.3 Å². The molecule has 0 radical (unpaired) electrons. The van der Waals surface area contributed by atoms with Gasteiger partial charge in [0, 0.05) is 6.54 Å². The van der Waals surface area contributed by atoms with Gasteiger partial charge in [0.1, 0.15) is 4.32 Å². The van der Waals surface area contributed by atoms with Gasteiger partial charge in [-0.2, -0.15) is 4.57 Å². The Morgan fingerprint density at radius 2 is 1.92 bits per heavy atom. The van der Waals surface area contributed by atoms with Gasteiger partial charge in [-0.05, 0) is 32.4 Å². The highest BCUT2D eigenvalue weighted by Gasteiger charge is 2.47. The van der Waals surface area contributed by atoms with E-state index in [-0.39, 0.29) is 4.75 Å². The minimum Gasteiger partial charge on any atom is -0.333 e. The van der Waals surface area contributed by atoms with Gasteiger partial charge < -0.3 is 9.42 Å². The van der Waals surface area contributed by atoms with Crippen LogP contribution in [0.5, 0.6) is 0 Å². The van der Waals surface area contributed by atoms with E-state index in [1.165, 1.54) is 16.5 Å². The van der Waals surface area contributed by atoms with E-state index >= 15 is 0 Å². The molecule has 0 N–H and O–H groups in total. The van der Waals surface area contributed by atoms with Crippen LogP contribution in [0.15, 0.2) is 44.4 Å². The predicted molar refractivity (Wildman–Crippen MR) is 103 cm³/mol. The first kappa shape index (κ1) is 18.0. The number of benzene rings is 1. The minimum absolute atomic E-state index is 0.381. The summed E-state index contributed by atoms with van der Waals surface area (Å²) in [5, 5.41) is 0. The molecule has 1 aromatic heterocycles. The number of para-hydroxylation sites is 1. The second-order valence-corrected chi connectivity index (χ2v) is 8.82. The van der Waals surface area contributed by atoms with Gasteiger partial charge in [-0.25, -0.2) is 9.59 Å². The summed E-state index contributed by atoms with van der Waals surface area (Å²) in [6.07, 6.45) is 1.54. The van der Waals surface area contributed by atoms with E-state index in [0.29, 0.717) is 5.69 Å². The summed E-state index contributed by atoms with van der Waals surface area (Å²) in [5.74, 6) is -0.690. The van der Waals surface area contributed by atoms with Crippen molar-refractivity contribution in [1.82, 2.24) is 14.2 Å². The van der Waals surface area contributed by atoms with Crippen LogP contribution in [0.1, 0.15) is 39.8 Å². The lowest BCUT2D eigenvalue weighted by Gasteiger charge is -2.30. The number of nitrogens with zero attached hydrogens (tertiary/aromatic N) is 3. The Bertz CT molecular complexity index is 883. The van der Waals surface area contributed by atoms with Crippen molar-refractivity contribution in [3.8, 4) is 5.69 Å². The van der Waals surface area contributed by atoms with Crippen molar-refractivity contribution in [2.24, 2.45) is 0 Å². The maximum absolute atomic E-state index is 12.9. The second-order valence-electron chi connectivity index (χ2n) is 6.53. The molecule has 0 saturated carbocycles. The van der Waals surface area contributed by atoms with E-state index in [4.69, 9.17) is 16.7 Å². The molecule has 1 fully saturated rings. The van der Waals surface area contributed by atoms with E-state index in [0.717, 1.165) is 28.3 Å². The zero-order valence-corrected chi connectivity index (χ0v) is 16.1. The third-order valence-corrected chi connectivity index (χ3v) is 5.86. The quantitative estimate of drug-likeness (QED) is 0.745. The van der Waals surface area contributed by atoms with Crippen LogP contribution in [0.2, 0.25) is 0 Å². The van der Waals surface area contributed by atoms with Crippen molar-refractivity contribution in [3.05, 3.63) is 51.4 Å². The Kier molecular flexibility index (Phi) is 4.92. The highest BCUT2D eigenvalue weighted by molar-refractivity contribution is 8.24. The van der Waals surface area contributed by atoms with E-state index < -0.39 is 17.6 Å². The van der Waals surface area contributed by atoms with Gasteiger partial charge in [0.05, 0.1) is 10.4 Å². The molecule has 2 heterocycles. The van der Waals surface area contributed by atoms with Crippen LogP contribution in [0.25, 0.3) is 5.69 Å². The fourth-order valence-electron chi connectivity index (χ4n) is 3.05. The summed E-state index contributed by atoms with van der Waals surface area (Å²) in [7, 11) is 0. The van der Waals surface area contributed by atoms with Crippen LogP contribution in [-0.2, 0) is 0 Å². The molecular weight excluding hydrogens is 358 g/mol. The number of unbranched alkanes of at least 4 members (excludes halogenated alkanes) is 1. The lowest BCUT2D eigenvalue weighted by molar-refractivity contribution is 0.0897. The van der Waals surface area contributed by atoms with Crippen LogP contribution in [0.3, 0.4) is 0 Å². The Balaban J connectivity index is 2.10. The predicted octanol–water partition coefficient (Wildman–Crippen LogP) is 3.00. The van der Waals surface area contributed by atoms with Crippen molar-refractivity contribution in [1.29, 1.82) is 0 Å². The summed E-state index contributed by atoms with van der Waals surface area (Å²) >= 11 is 7.03. The SMILES string of the molecule is CCCCN1C(=S)SC(C)(C)C1n1oc(=O)n(-c2ccccc2)c1=O. The first-order chi connectivity index (χ1) is 11.9. The smallest absolute Gasteiger partial charge is 0.333 e. The van der Waals surface area contributed by atoms with Crippen molar-refractivity contribution in [3.63, 3.8) is 0 Å². The highest BCUT2D eigenvalue weighted by atomic mass is 32.2. The molecule has 25 heavy (non-hydrogen) atoms. The molecule has 1 unspecified atom stereocenters. The molecule has 1 atom stereocenters. The first-order valence-corrected chi connectivity index (χ1v) is 9.49. The lowest BCUT2D eigenvalue weighted by Crippen LogP contribution is -2.42. The zero-order valence-electron chi connectivity index (χ0n) is 14.5. The van der Waals surface area contributed by atoms with Crippen molar-refractivity contribution in [2.75, 3.05) is 6.54 Å². The molecule has 2 aromatic rings. The summed E-state index contributed by atoms with van der Waals surface area (Å²) in [5.41, 5.74) is 0.00668. The van der Waals surface area contributed by atoms with Crippen molar-refractivity contribution < 1.29 is 4.52 Å². The summed E-state index contributed by atoms with van der Waals surface area (Å²) in [4.78, 5) is 27.3. The molecule has 0 aliphatic carbocycles. The lowest BCUT2D eigenvalue weighted by atomic mass is 10.1. The molecule has 8 heteroatoms. The van der Waals surface area contributed by atoms with Gasteiger partial charge in [0.15, 0.2) is 6.17 Å². The number of hydrogen-bond acceptors (Lipinski definition) is 5. The average molecular weight is 380 g/mol. The van der Waals surface area contributed by atoms with Crippen LogP contribution in [-0.4, -0.2) is 29.8 Å². The van der Waals surface area contributed by atoms with Gasteiger partial charge in [0.2, 0.25) is 0 Å².